The zero-order chi connectivity index (χ0) is 6.95. The highest BCUT2D eigenvalue weighted by molar-refractivity contribution is 4.83. The smallest absolute Gasteiger partial charge is 0.00359 e. The molecule has 0 aliphatic carbocycles. The Labute approximate surface area is 57.5 Å². The maximum absolute atomic E-state index is 3.52. The van der Waals surface area contributed by atoms with Crippen LogP contribution >= 0.6 is 0 Å². The van der Waals surface area contributed by atoms with Crippen LogP contribution in [0.25, 0.3) is 0 Å². The van der Waals surface area contributed by atoms with Gasteiger partial charge in [0.2, 0.25) is 0 Å². The number of allylic oxidation sites excluding steroid dienone is 1. The van der Waals surface area contributed by atoms with Crippen LogP contribution in [0.15, 0.2) is 25.1 Å². The number of unbranched alkanes of at least 4 members (excludes halogenated alkanes) is 2. The Morgan fingerprint density at radius 2 is 2.33 bits per heavy atom. The van der Waals surface area contributed by atoms with Crippen molar-refractivity contribution in [3.8, 4) is 0 Å². The van der Waals surface area contributed by atoms with Gasteiger partial charge in [-0.05, 0) is 18.8 Å². The van der Waals surface area contributed by atoms with E-state index in [0.29, 0.717) is 0 Å². The molecule has 0 spiro atoms. The van der Waals surface area contributed by atoms with E-state index in [2.05, 4.69) is 24.9 Å². The average molecular weight is 125 g/mol. The van der Waals surface area contributed by atoms with E-state index in [1.807, 2.05) is 6.20 Å². The summed E-state index contributed by atoms with van der Waals surface area (Å²) in [6, 6.07) is 0. The topological polar surface area (TPSA) is 12.0 Å². The molecule has 0 aliphatic rings. The van der Waals surface area contributed by atoms with E-state index in [1.165, 1.54) is 12.8 Å². The highest BCUT2D eigenvalue weighted by atomic mass is 14.8. The summed E-state index contributed by atoms with van der Waals surface area (Å²) >= 11 is 0. The molecule has 0 aromatic carbocycles. The lowest BCUT2D eigenvalue weighted by atomic mass is 10.2. The van der Waals surface area contributed by atoms with E-state index < -0.39 is 0 Å². The second-order valence-electron chi connectivity index (χ2n) is 1.92. The van der Waals surface area contributed by atoms with Crippen LogP contribution in [0.1, 0.15) is 26.2 Å². The summed E-state index contributed by atoms with van der Waals surface area (Å²) in [5, 5.41) is 2.89. The largest absolute Gasteiger partial charge is 0.369 e. The quantitative estimate of drug-likeness (QED) is 0.556. The van der Waals surface area contributed by atoms with Crippen molar-refractivity contribution in [2.45, 2.75) is 26.2 Å². The standard InChI is InChI=1S/C8H15N/c1-3-5-6-7-8-9-4-2/h4,7-9H,2-3,5-6H2,1H3/b8-7+. The summed E-state index contributed by atoms with van der Waals surface area (Å²) in [4.78, 5) is 0. The molecule has 9 heavy (non-hydrogen) atoms. The second kappa shape index (κ2) is 7.28. The van der Waals surface area contributed by atoms with Crippen molar-refractivity contribution in [3.05, 3.63) is 25.1 Å². The highest BCUT2D eigenvalue weighted by Gasteiger charge is 1.74. The summed E-state index contributed by atoms with van der Waals surface area (Å²) in [6.07, 6.45) is 9.40. The summed E-state index contributed by atoms with van der Waals surface area (Å²) in [5.74, 6) is 0. The minimum atomic E-state index is 1.16. The number of hydrogen-bond acceptors (Lipinski definition) is 1. The fourth-order valence-electron chi connectivity index (χ4n) is 0.541. The Morgan fingerprint density at radius 1 is 1.56 bits per heavy atom. The van der Waals surface area contributed by atoms with E-state index in [1.54, 1.807) is 6.20 Å². The lowest BCUT2D eigenvalue weighted by Crippen LogP contribution is -1.88. The molecule has 0 aromatic heterocycles. The Morgan fingerprint density at radius 3 is 2.89 bits per heavy atom. The molecule has 0 fully saturated rings. The lowest BCUT2D eigenvalue weighted by molar-refractivity contribution is 0.812. The predicted molar refractivity (Wildman–Crippen MR) is 42.0 cm³/mol. The molecule has 0 aromatic rings. The number of hydrogen-bond donors (Lipinski definition) is 1. The third-order valence-electron chi connectivity index (χ3n) is 1.06. The molecular formula is C8H15N. The molecule has 1 nitrogen and oxygen atoms in total. The van der Waals surface area contributed by atoms with Crippen LogP contribution in [-0.4, -0.2) is 0 Å². The van der Waals surface area contributed by atoms with Gasteiger partial charge in [0.1, 0.15) is 0 Å². The first-order chi connectivity index (χ1) is 4.41. The zero-order valence-electron chi connectivity index (χ0n) is 6.06. The molecule has 0 bridgehead atoms. The first kappa shape index (κ1) is 8.28. The van der Waals surface area contributed by atoms with Gasteiger partial charge < -0.3 is 5.32 Å². The molecule has 1 heteroatoms. The van der Waals surface area contributed by atoms with Crippen molar-refractivity contribution in [1.29, 1.82) is 0 Å². The van der Waals surface area contributed by atoms with Crippen LogP contribution in [0.5, 0.6) is 0 Å². The Kier molecular flexibility index (Phi) is 6.70. The molecule has 0 heterocycles. The van der Waals surface area contributed by atoms with Crippen LogP contribution in [0.3, 0.4) is 0 Å². The molecule has 0 radical (unpaired) electrons. The van der Waals surface area contributed by atoms with Gasteiger partial charge >= 0.3 is 0 Å². The molecule has 0 unspecified atom stereocenters. The minimum absolute atomic E-state index is 1.16. The van der Waals surface area contributed by atoms with Crippen LogP contribution in [-0.2, 0) is 0 Å². The highest BCUT2D eigenvalue weighted by Crippen LogP contribution is 1.93. The fourth-order valence-corrected chi connectivity index (χ4v) is 0.541. The number of nitrogens with one attached hydrogen (secondary N) is 1. The fraction of sp³-hybridized carbons (Fsp3) is 0.500. The molecule has 1 N–H and O–H groups in total. The first-order valence-electron chi connectivity index (χ1n) is 3.43. The van der Waals surface area contributed by atoms with E-state index in [-0.39, 0.29) is 0 Å². The van der Waals surface area contributed by atoms with Gasteiger partial charge in [0, 0.05) is 0 Å². The Hall–Kier alpha value is -0.720. The van der Waals surface area contributed by atoms with Gasteiger partial charge in [0.25, 0.3) is 0 Å². The van der Waals surface area contributed by atoms with Gasteiger partial charge in [-0.15, -0.1) is 0 Å². The summed E-state index contributed by atoms with van der Waals surface area (Å²) in [5.41, 5.74) is 0. The first-order valence-corrected chi connectivity index (χ1v) is 3.43. The van der Waals surface area contributed by atoms with Crippen molar-refractivity contribution in [2.75, 3.05) is 0 Å². The molecule has 0 atom stereocenters. The molecule has 0 saturated heterocycles. The van der Waals surface area contributed by atoms with Crippen LogP contribution in [0.2, 0.25) is 0 Å². The van der Waals surface area contributed by atoms with Gasteiger partial charge in [-0.2, -0.15) is 0 Å². The van der Waals surface area contributed by atoms with Gasteiger partial charge in [-0.3, -0.25) is 0 Å². The maximum atomic E-state index is 3.52. The van der Waals surface area contributed by atoms with Crippen molar-refractivity contribution >= 4 is 0 Å². The molecule has 52 valence electrons. The summed E-state index contributed by atoms with van der Waals surface area (Å²) in [6.45, 7) is 5.71. The average Bonchev–Trinajstić information content (AvgIpc) is 1.89. The van der Waals surface area contributed by atoms with Crippen LogP contribution in [0.4, 0.5) is 0 Å². The summed E-state index contributed by atoms with van der Waals surface area (Å²) < 4.78 is 0. The van der Waals surface area contributed by atoms with Gasteiger partial charge in [-0.1, -0.05) is 32.4 Å². The van der Waals surface area contributed by atoms with Crippen LogP contribution < -0.4 is 5.32 Å². The third-order valence-corrected chi connectivity index (χ3v) is 1.06. The van der Waals surface area contributed by atoms with E-state index in [0.717, 1.165) is 6.42 Å². The zero-order valence-corrected chi connectivity index (χ0v) is 6.06. The van der Waals surface area contributed by atoms with Crippen LogP contribution in [0, 0.1) is 0 Å². The molecule has 0 amide bonds. The van der Waals surface area contributed by atoms with Gasteiger partial charge in [0.15, 0.2) is 0 Å². The normalized spacial score (nSPS) is 9.89. The van der Waals surface area contributed by atoms with E-state index in [4.69, 9.17) is 0 Å². The van der Waals surface area contributed by atoms with Crippen molar-refractivity contribution in [1.82, 2.24) is 5.32 Å². The minimum Gasteiger partial charge on any atom is -0.369 e. The second-order valence-corrected chi connectivity index (χ2v) is 1.92. The van der Waals surface area contributed by atoms with E-state index in [9.17, 15) is 0 Å². The maximum Gasteiger partial charge on any atom is -0.00359 e. The predicted octanol–water partition coefficient (Wildman–Crippen LogP) is 2.42. The molecule has 0 saturated carbocycles. The number of rotatable bonds is 5. The van der Waals surface area contributed by atoms with Gasteiger partial charge in [-0.25, -0.2) is 0 Å². The molecular weight excluding hydrogens is 110 g/mol. The monoisotopic (exact) mass is 125 g/mol. The Balaban J connectivity index is 2.94. The molecule has 0 aliphatic heterocycles. The molecule has 0 rings (SSSR count). The SMILES string of the molecule is C=CN/C=C/CCCC. The summed E-state index contributed by atoms with van der Waals surface area (Å²) in [7, 11) is 0. The third kappa shape index (κ3) is 7.28. The van der Waals surface area contributed by atoms with Crippen molar-refractivity contribution < 1.29 is 0 Å². The van der Waals surface area contributed by atoms with Crippen molar-refractivity contribution in [3.63, 3.8) is 0 Å². The van der Waals surface area contributed by atoms with Gasteiger partial charge in [0.05, 0.1) is 0 Å². The van der Waals surface area contributed by atoms with Crippen molar-refractivity contribution in [2.24, 2.45) is 0 Å². The lowest BCUT2D eigenvalue weighted by Gasteiger charge is -1.88. The van der Waals surface area contributed by atoms with E-state index >= 15 is 0 Å². The Bertz CT molecular complexity index is 84.6.